The van der Waals surface area contributed by atoms with Crippen LogP contribution in [0.1, 0.15) is 45.8 Å². The molecular formula is C23H24N6O4. The van der Waals surface area contributed by atoms with Crippen molar-refractivity contribution in [3.05, 3.63) is 77.1 Å². The van der Waals surface area contributed by atoms with Crippen LogP contribution in [0.4, 0.5) is 11.4 Å². The van der Waals surface area contributed by atoms with Crippen molar-refractivity contribution in [3.63, 3.8) is 0 Å². The van der Waals surface area contributed by atoms with Gasteiger partial charge in [-0.25, -0.2) is 4.79 Å². The van der Waals surface area contributed by atoms with Gasteiger partial charge < -0.3 is 26.4 Å². The van der Waals surface area contributed by atoms with Crippen LogP contribution in [0.25, 0.3) is 0 Å². The molecule has 0 bridgehead atoms. The number of nitrogens with two attached hydrogens (primary N) is 1. The van der Waals surface area contributed by atoms with Gasteiger partial charge in [0.1, 0.15) is 12.3 Å². The Kier molecular flexibility index (Phi) is 5.74. The van der Waals surface area contributed by atoms with Crippen molar-refractivity contribution in [2.75, 3.05) is 10.6 Å². The quantitative estimate of drug-likeness (QED) is 0.347. The number of aromatic nitrogens is 2. The number of hydrogen-bond acceptors (Lipinski definition) is 7. The molecule has 170 valence electrons. The summed E-state index contributed by atoms with van der Waals surface area (Å²) in [6, 6.07) is 14.0. The second-order valence-electron chi connectivity index (χ2n) is 7.97. The van der Waals surface area contributed by atoms with Gasteiger partial charge in [0, 0.05) is 6.04 Å². The maximum absolute atomic E-state index is 12.6. The molecule has 33 heavy (non-hydrogen) atoms. The van der Waals surface area contributed by atoms with Crippen molar-refractivity contribution >= 4 is 29.2 Å². The number of primary amides is 1. The van der Waals surface area contributed by atoms with Crippen LogP contribution in [-0.2, 0) is 21.8 Å². The Morgan fingerprint density at radius 3 is 2.52 bits per heavy atom. The van der Waals surface area contributed by atoms with Gasteiger partial charge in [0.15, 0.2) is 0 Å². The third-order valence-electron chi connectivity index (χ3n) is 5.16. The van der Waals surface area contributed by atoms with E-state index in [1.54, 1.807) is 18.2 Å². The normalized spacial score (nSPS) is 16.5. The van der Waals surface area contributed by atoms with Crippen LogP contribution in [0.3, 0.4) is 0 Å². The summed E-state index contributed by atoms with van der Waals surface area (Å²) in [7, 11) is 0. The molecule has 1 aliphatic heterocycles. The largest absolute Gasteiger partial charge is 0.457 e. The Labute approximate surface area is 189 Å². The summed E-state index contributed by atoms with van der Waals surface area (Å²) in [6.45, 7) is 3.78. The lowest BCUT2D eigenvalue weighted by molar-refractivity contribution is -0.121. The fraction of sp³-hybridized carbons (Fsp3) is 0.217. The zero-order valence-electron chi connectivity index (χ0n) is 18.1. The maximum atomic E-state index is 12.6. The Morgan fingerprint density at radius 2 is 1.82 bits per heavy atom. The highest BCUT2D eigenvalue weighted by atomic mass is 16.5. The molecule has 1 aromatic heterocycles. The van der Waals surface area contributed by atoms with E-state index < -0.39 is 23.4 Å². The number of fused-ring (bicyclic) bond motifs is 1. The number of H-pyrrole nitrogens is 1. The molecule has 0 spiro atoms. The van der Waals surface area contributed by atoms with Gasteiger partial charge in [-0.3, -0.25) is 14.7 Å². The van der Waals surface area contributed by atoms with E-state index in [-0.39, 0.29) is 23.9 Å². The summed E-state index contributed by atoms with van der Waals surface area (Å²) in [5.74, 6) is -1.70. The molecule has 1 unspecified atom stereocenters. The fourth-order valence-corrected chi connectivity index (χ4v) is 3.58. The molecule has 0 saturated heterocycles. The molecule has 0 radical (unpaired) electrons. The van der Waals surface area contributed by atoms with E-state index in [9.17, 15) is 14.4 Å². The van der Waals surface area contributed by atoms with Crippen LogP contribution < -0.4 is 21.7 Å². The Hall–Kier alpha value is -4.34. The summed E-state index contributed by atoms with van der Waals surface area (Å²) >= 11 is 0. The van der Waals surface area contributed by atoms with Crippen molar-refractivity contribution in [2.45, 2.75) is 32.2 Å². The molecule has 10 heteroatoms. The molecule has 6 N–H and O–H groups in total. The summed E-state index contributed by atoms with van der Waals surface area (Å²) in [5, 5.41) is 15.5. The van der Waals surface area contributed by atoms with Crippen molar-refractivity contribution in [2.24, 2.45) is 5.73 Å². The van der Waals surface area contributed by atoms with Gasteiger partial charge in [-0.15, -0.1) is 0 Å². The van der Waals surface area contributed by atoms with Crippen molar-refractivity contribution in [3.8, 4) is 0 Å². The van der Waals surface area contributed by atoms with E-state index >= 15 is 0 Å². The molecular weight excluding hydrogens is 424 g/mol. The van der Waals surface area contributed by atoms with Gasteiger partial charge >= 0.3 is 5.97 Å². The average Bonchev–Trinajstić information content (AvgIpc) is 3.43. The minimum Gasteiger partial charge on any atom is -0.457 e. The topological polar surface area (TPSA) is 151 Å². The molecule has 0 fully saturated rings. The van der Waals surface area contributed by atoms with Gasteiger partial charge in [-0.1, -0.05) is 30.3 Å². The van der Waals surface area contributed by atoms with Crippen LogP contribution in [-0.4, -0.2) is 34.0 Å². The number of aromatic amines is 1. The van der Waals surface area contributed by atoms with Gasteiger partial charge in [0.2, 0.25) is 5.66 Å². The van der Waals surface area contributed by atoms with Crippen molar-refractivity contribution < 1.29 is 19.1 Å². The first-order chi connectivity index (χ1) is 15.8. The number of nitrogens with zero attached hydrogens (tertiary/aromatic N) is 1. The van der Waals surface area contributed by atoms with Gasteiger partial charge in [0.25, 0.3) is 11.8 Å². The van der Waals surface area contributed by atoms with E-state index in [0.717, 1.165) is 5.56 Å². The van der Waals surface area contributed by atoms with E-state index in [1.165, 1.54) is 6.20 Å². The lowest BCUT2D eigenvalue weighted by Gasteiger charge is -2.27. The highest BCUT2D eigenvalue weighted by molar-refractivity contribution is 6.03. The lowest BCUT2D eigenvalue weighted by Crippen LogP contribution is -2.52. The zero-order chi connectivity index (χ0) is 23.6. The standard InChI is InChI=1S/C23H24N6O4/c1-13(2)26-20(30)16-11-25-29-19(16)23(22(24)32)27-17-9-8-15(10-18(17)28-23)21(31)33-12-14-6-4-3-5-7-14/h3-11,13,27-28H,12H2,1-2H3,(H2,24,32)(H,25,29)(H,26,30). The van der Waals surface area contributed by atoms with Crippen molar-refractivity contribution in [1.29, 1.82) is 0 Å². The lowest BCUT2D eigenvalue weighted by atomic mass is 10.0. The molecule has 2 amide bonds. The third kappa shape index (κ3) is 4.22. The second kappa shape index (κ2) is 8.65. The van der Waals surface area contributed by atoms with Gasteiger partial charge in [-0.2, -0.15) is 5.10 Å². The second-order valence-corrected chi connectivity index (χ2v) is 7.97. The predicted molar refractivity (Wildman–Crippen MR) is 121 cm³/mol. The first-order valence-corrected chi connectivity index (χ1v) is 10.4. The number of carbonyl (C=O) groups is 3. The molecule has 0 saturated carbocycles. The van der Waals surface area contributed by atoms with Gasteiger partial charge in [-0.05, 0) is 37.6 Å². The molecule has 2 heterocycles. The predicted octanol–water partition coefficient (Wildman–Crippen LogP) is 2.08. The Balaban J connectivity index is 1.58. The Morgan fingerprint density at radius 1 is 1.09 bits per heavy atom. The SMILES string of the molecule is CC(C)NC(=O)c1cn[nH]c1C1(C(N)=O)Nc2ccc(C(=O)OCc3ccccc3)cc2N1. The number of esters is 1. The third-order valence-corrected chi connectivity index (χ3v) is 5.16. The van der Waals surface area contributed by atoms with Crippen LogP contribution in [0.2, 0.25) is 0 Å². The number of rotatable bonds is 7. The van der Waals surface area contributed by atoms with Crippen LogP contribution in [0.15, 0.2) is 54.7 Å². The average molecular weight is 448 g/mol. The number of carbonyl (C=O) groups excluding carboxylic acids is 3. The van der Waals surface area contributed by atoms with E-state index in [4.69, 9.17) is 10.5 Å². The Bertz CT molecular complexity index is 1210. The van der Waals surface area contributed by atoms with Crippen LogP contribution in [0, 0.1) is 0 Å². The minimum atomic E-state index is -1.66. The number of hydrogen-bond donors (Lipinski definition) is 5. The van der Waals surface area contributed by atoms with Crippen LogP contribution >= 0.6 is 0 Å². The maximum Gasteiger partial charge on any atom is 0.338 e. The smallest absolute Gasteiger partial charge is 0.338 e. The zero-order valence-corrected chi connectivity index (χ0v) is 18.1. The number of benzene rings is 2. The number of nitrogens with one attached hydrogen (secondary N) is 4. The summed E-state index contributed by atoms with van der Waals surface area (Å²) in [4.78, 5) is 37.8. The molecule has 0 aliphatic carbocycles. The van der Waals surface area contributed by atoms with E-state index in [2.05, 4.69) is 26.1 Å². The minimum absolute atomic E-state index is 0.115. The fourth-order valence-electron chi connectivity index (χ4n) is 3.58. The first kappa shape index (κ1) is 21.9. The number of amides is 2. The van der Waals surface area contributed by atoms with Crippen LogP contribution in [0.5, 0.6) is 0 Å². The van der Waals surface area contributed by atoms with E-state index in [0.29, 0.717) is 16.9 Å². The molecule has 10 nitrogen and oxygen atoms in total. The highest BCUT2D eigenvalue weighted by Crippen LogP contribution is 2.40. The van der Waals surface area contributed by atoms with E-state index in [1.807, 2.05) is 44.2 Å². The molecule has 1 atom stereocenters. The molecule has 4 rings (SSSR count). The molecule has 3 aromatic rings. The molecule has 2 aromatic carbocycles. The summed E-state index contributed by atoms with van der Waals surface area (Å²) in [6.07, 6.45) is 1.33. The van der Waals surface area contributed by atoms with Crippen molar-refractivity contribution in [1.82, 2.24) is 15.5 Å². The first-order valence-electron chi connectivity index (χ1n) is 10.4. The van der Waals surface area contributed by atoms with Gasteiger partial charge in [0.05, 0.1) is 28.7 Å². The summed E-state index contributed by atoms with van der Waals surface area (Å²) in [5.41, 5.74) is 6.56. The molecule has 1 aliphatic rings. The monoisotopic (exact) mass is 448 g/mol. The number of ether oxygens (including phenoxy) is 1. The number of anilines is 2. The highest BCUT2D eigenvalue weighted by Gasteiger charge is 2.47. The summed E-state index contributed by atoms with van der Waals surface area (Å²) < 4.78 is 5.39.